The van der Waals surface area contributed by atoms with Crippen molar-refractivity contribution < 1.29 is 4.79 Å². The predicted molar refractivity (Wildman–Crippen MR) is 85.1 cm³/mol. The molecule has 0 fully saturated rings. The van der Waals surface area contributed by atoms with Gasteiger partial charge in [0.2, 0.25) is 0 Å². The molecule has 0 saturated heterocycles. The molecule has 2 heterocycles. The summed E-state index contributed by atoms with van der Waals surface area (Å²) in [4.78, 5) is 20.4. The summed E-state index contributed by atoms with van der Waals surface area (Å²) < 4.78 is 0. The van der Waals surface area contributed by atoms with E-state index in [1.54, 1.807) is 24.7 Å². The van der Waals surface area contributed by atoms with Crippen molar-refractivity contribution in [1.82, 2.24) is 15.3 Å². The fraction of sp³-hybridized carbons (Fsp3) is 0.0556. The van der Waals surface area contributed by atoms with E-state index < -0.39 is 0 Å². The first-order valence-electron chi connectivity index (χ1n) is 7.01. The maximum Gasteiger partial charge on any atom is 0.253 e. The van der Waals surface area contributed by atoms with Gasteiger partial charge in [0.25, 0.3) is 5.91 Å². The number of amides is 1. The topological polar surface area (TPSA) is 54.9 Å². The van der Waals surface area contributed by atoms with Crippen LogP contribution in [-0.2, 0) is 6.54 Å². The number of carbonyl (C=O) groups excluding carboxylic acids is 1. The van der Waals surface area contributed by atoms with Gasteiger partial charge in [0.05, 0.1) is 11.3 Å². The third kappa shape index (κ3) is 3.35. The number of pyridine rings is 2. The van der Waals surface area contributed by atoms with E-state index in [1.165, 1.54) is 0 Å². The number of hydrogen-bond donors (Lipinski definition) is 1. The summed E-state index contributed by atoms with van der Waals surface area (Å²) in [5.41, 5.74) is 3.45. The van der Waals surface area contributed by atoms with Crippen molar-refractivity contribution in [3.8, 4) is 11.3 Å². The van der Waals surface area contributed by atoms with Crippen LogP contribution in [0.15, 0.2) is 73.2 Å². The van der Waals surface area contributed by atoms with E-state index in [1.807, 2.05) is 48.5 Å². The van der Waals surface area contributed by atoms with Crippen LogP contribution in [0.1, 0.15) is 15.9 Å². The van der Waals surface area contributed by atoms with Crippen molar-refractivity contribution in [2.45, 2.75) is 6.54 Å². The van der Waals surface area contributed by atoms with Crippen LogP contribution >= 0.6 is 0 Å². The van der Waals surface area contributed by atoms with Crippen LogP contribution in [0.25, 0.3) is 11.3 Å². The Kier molecular flexibility index (Phi) is 4.20. The van der Waals surface area contributed by atoms with E-state index in [0.717, 1.165) is 16.8 Å². The van der Waals surface area contributed by atoms with E-state index in [2.05, 4.69) is 15.3 Å². The van der Waals surface area contributed by atoms with Gasteiger partial charge in [0, 0.05) is 30.7 Å². The van der Waals surface area contributed by atoms with Gasteiger partial charge in [0.1, 0.15) is 0 Å². The highest BCUT2D eigenvalue weighted by atomic mass is 16.1. The number of benzene rings is 1. The molecule has 0 aliphatic rings. The molecular formula is C18H15N3O. The lowest BCUT2D eigenvalue weighted by Gasteiger charge is -2.06. The number of rotatable bonds is 4. The normalized spacial score (nSPS) is 10.2. The second-order valence-corrected chi connectivity index (χ2v) is 4.84. The summed E-state index contributed by atoms with van der Waals surface area (Å²) >= 11 is 0. The molecular weight excluding hydrogens is 274 g/mol. The minimum absolute atomic E-state index is 0.135. The molecule has 0 aliphatic heterocycles. The minimum Gasteiger partial charge on any atom is -0.348 e. The third-order valence-corrected chi connectivity index (χ3v) is 3.30. The van der Waals surface area contributed by atoms with Gasteiger partial charge < -0.3 is 5.32 Å². The standard InChI is InChI=1S/C18H15N3O/c22-18(21-12-14-8-10-19-11-9-14)16-6-7-17(20-13-16)15-4-2-1-3-5-15/h1-11,13H,12H2,(H,21,22). The Hall–Kier alpha value is -3.01. The number of hydrogen-bond acceptors (Lipinski definition) is 3. The fourth-order valence-electron chi connectivity index (χ4n) is 2.09. The van der Waals surface area contributed by atoms with E-state index >= 15 is 0 Å². The van der Waals surface area contributed by atoms with Gasteiger partial charge >= 0.3 is 0 Å². The molecule has 1 aromatic carbocycles. The third-order valence-electron chi connectivity index (χ3n) is 3.30. The lowest BCUT2D eigenvalue weighted by Crippen LogP contribution is -2.22. The molecule has 4 heteroatoms. The Morgan fingerprint density at radius 1 is 0.955 bits per heavy atom. The van der Waals surface area contributed by atoms with Gasteiger partial charge in [-0.3, -0.25) is 14.8 Å². The summed E-state index contributed by atoms with van der Waals surface area (Å²) in [5.74, 6) is -0.135. The van der Waals surface area contributed by atoms with E-state index in [4.69, 9.17) is 0 Å². The molecule has 0 unspecified atom stereocenters. The molecule has 1 amide bonds. The molecule has 0 saturated carbocycles. The van der Waals surface area contributed by atoms with Crippen LogP contribution in [0, 0.1) is 0 Å². The van der Waals surface area contributed by atoms with Gasteiger partial charge in [-0.25, -0.2) is 0 Å². The van der Waals surface area contributed by atoms with Crippen molar-refractivity contribution in [2.24, 2.45) is 0 Å². The zero-order valence-corrected chi connectivity index (χ0v) is 11.9. The summed E-state index contributed by atoms with van der Waals surface area (Å²) in [6.45, 7) is 0.474. The average molecular weight is 289 g/mol. The lowest BCUT2D eigenvalue weighted by atomic mass is 10.1. The molecule has 1 N–H and O–H groups in total. The largest absolute Gasteiger partial charge is 0.348 e. The van der Waals surface area contributed by atoms with E-state index in [9.17, 15) is 4.79 Å². The van der Waals surface area contributed by atoms with Crippen molar-refractivity contribution in [3.05, 3.63) is 84.3 Å². The summed E-state index contributed by atoms with van der Waals surface area (Å²) in [6.07, 6.45) is 5.01. The Morgan fingerprint density at radius 3 is 2.41 bits per heavy atom. The average Bonchev–Trinajstić information content (AvgIpc) is 2.61. The lowest BCUT2D eigenvalue weighted by molar-refractivity contribution is 0.0950. The summed E-state index contributed by atoms with van der Waals surface area (Å²) in [7, 11) is 0. The number of aromatic nitrogens is 2. The fourth-order valence-corrected chi connectivity index (χ4v) is 2.09. The Bertz CT molecular complexity index is 740. The zero-order valence-electron chi connectivity index (χ0n) is 11.9. The number of nitrogens with zero attached hydrogens (tertiary/aromatic N) is 2. The quantitative estimate of drug-likeness (QED) is 0.803. The second-order valence-electron chi connectivity index (χ2n) is 4.84. The van der Waals surface area contributed by atoms with Gasteiger partial charge in [-0.05, 0) is 29.8 Å². The molecule has 0 aliphatic carbocycles. The maximum absolute atomic E-state index is 12.1. The van der Waals surface area contributed by atoms with Crippen LogP contribution in [0.2, 0.25) is 0 Å². The molecule has 22 heavy (non-hydrogen) atoms. The van der Waals surface area contributed by atoms with Gasteiger partial charge in [-0.1, -0.05) is 30.3 Å². The molecule has 0 bridgehead atoms. The zero-order chi connectivity index (χ0) is 15.2. The SMILES string of the molecule is O=C(NCc1ccncc1)c1ccc(-c2ccccc2)nc1. The smallest absolute Gasteiger partial charge is 0.253 e. The predicted octanol–water partition coefficient (Wildman–Crippen LogP) is 3.07. The molecule has 3 rings (SSSR count). The van der Waals surface area contributed by atoms with Crippen molar-refractivity contribution in [2.75, 3.05) is 0 Å². The second kappa shape index (κ2) is 6.63. The van der Waals surface area contributed by atoms with Crippen LogP contribution in [0.5, 0.6) is 0 Å². The van der Waals surface area contributed by atoms with Crippen molar-refractivity contribution >= 4 is 5.91 Å². The van der Waals surface area contributed by atoms with Crippen LogP contribution in [0.3, 0.4) is 0 Å². The van der Waals surface area contributed by atoms with Crippen molar-refractivity contribution in [3.63, 3.8) is 0 Å². The number of nitrogens with one attached hydrogen (secondary N) is 1. The highest BCUT2D eigenvalue weighted by Gasteiger charge is 2.06. The van der Waals surface area contributed by atoms with Crippen LogP contribution in [-0.4, -0.2) is 15.9 Å². The first-order valence-corrected chi connectivity index (χ1v) is 7.01. The summed E-state index contributed by atoms with van der Waals surface area (Å²) in [5, 5.41) is 2.87. The van der Waals surface area contributed by atoms with Gasteiger partial charge in [-0.2, -0.15) is 0 Å². The molecule has 108 valence electrons. The van der Waals surface area contributed by atoms with Crippen LogP contribution < -0.4 is 5.32 Å². The Labute approximate surface area is 128 Å². The molecule has 0 radical (unpaired) electrons. The van der Waals surface area contributed by atoms with E-state index in [0.29, 0.717) is 12.1 Å². The first kappa shape index (κ1) is 13.9. The monoisotopic (exact) mass is 289 g/mol. The van der Waals surface area contributed by atoms with Crippen molar-refractivity contribution in [1.29, 1.82) is 0 Å². The Balaban J connectivity index is 1.66. The first-order chi connectivity index (χ1) is 10.8. The van der Waals surface area contributed by atoms with Gasteiger partial charge in [-0.15, -0.1) is 0 Å². The molecule has 0 spiro atoms. The van der Waals surface area contributed by atoms with Crippen LogP contribution in [0.4, 0.5) is 0 Å². The molecule has 3 aromatic rings. The summed E-state index contributed by atoms with van der Waals surface area (Å²) in [6, 6.07) is 17.3. The maximum atomic E-state index is 12.1. The molecule has 2 aromatic heterocycles. The molecule has 4 nitrogen and oxygen atoms in total. The minimum atomic E-state index is -0.135. The van der Waals surface area contributed by atoms with E-state index in [-0.39, 0.29) is 5.91 Å². The number of carbonyl (C=O) groups is 1. The highest BCUT2D eigenvalue weighted by molar-refractivity contribution is 5.94. The highest BCUT2D eigenvalue weighted by Crippen LogP contribution is 2.16. The Morgan fingerprint density at radius 2 is 1.73 bits per heavy atom. The molecule has 0 atom stereocenters. The van der Waals surface area contributed by atoms with Gasteiger partial charge in [0.15, 0.2) is 0 Å².